The first-order valence-corrected chi connectivity index (χ1v) is 21.7. The number of ether oxygens (including phenoxy) is 8. The van der Waals surface area contributed by atoms with Crippen molar-refractivity contribution in [3.05, 3.63) is 82.9 Å². The summed E-state index contributed by atoms with van der Waals surface area (Å²) >= 11 is 0. The van der Waals surface area contributed by atoms with Crippen molar-refractivity contribution in [1.29, 1.82) is 0 Å². The van der Waals surface area contributed by atoms with Gasteiger partial charge in [0.1, 0.15) is 47.7 Å². The third-order valence-electron chi connectivity index (χ3n) is 13.6. The van der Waals surface area contributed by atoms with Gasteiger partial charge in [0.05, 0.1) is 29.6 Å². The molecule has 17 heteroatoms. The maximum Gasteiger partial charge on any atom is 0.408 e. The highest BCUT2D eigenvalue weighted by Crippen LogP contribution is 2.64. The van der Waals surface area contributed by atoms with E-state index in [1.54, 1.807) is 97.0 Å². The molecule has 0 radical (unpaired) electrons. The zero-order valence-electron chi connectivity index (χ0n) is 38.8. The Bertz CT molecular complexity index is 2190. The van der Waals surface area contributed by atoms with E-state index in [2.05, 4.69) is 5.32 Å². The van der Waals surface area contributed by atoms with E-state index < -0.39 is 124 Å². The Morgan fingerprint density at radius 1 is 0.923 bits per heavy atom. The number of benzene rings is 2. The fraction of sp³-hybridized carbons (Fsp3) is 0.583. The summed E-state index contributed by atoms with van der Waals surface area (Å²) in [5.74, 6) is -5.64. The predicted molar refractivity (Wildman–Crippen MR) is 231 cm³/mol. The lowest BCUT2D eigenvalue weighted by atomic mass is 9.44. The van der Waals surface area contributed by atoms with E-state index in [4.69, 9.17) is 43.6 Å². The van der Waals surface area contributed by atoms with E-state index in [1.165, 1.54) is 40.2 Å². The molecule has 1 unspecified atom stereocenters. The molecule has 17 nitrogen and oxygen atoms in total. The number of nitrogens with two attached hydrogens (primary N) is 1. The number of nitrogens with one attached hydrogen (secondary N) is 1. The normalized spacial score (nSPS) is 31.7. The quantitative estimate of drug-likeness (QED) is 0.151. The summed E-state index contributed by atoms with van der Waals surface area (Å²) in [6.45, 7) is 13.9. The number of amides is 1. The van der Waals surface area contributed by atoms with Gasteiger partial charge in [-0.25, -0.2) is 14.4 Å². The molecule has 0 aromatic heterocycles. The Kier molecular flexibility index (Phi) is 13.8. The molecular weight excluding hydrogens is 845 g/mol. The molecule has 65 heavy (non-hydrogen) atoms. The first kappa shape index (κ1) is 49.2. The van der Waals surface area contributed by atoms with E-state index >= 15 is 4.79 Å². The fourth-order valence-electron chi connectivity index (χ4n) is 10.4. The zero-order chi connectivity index (χ0) is 48.0. The van der Waals surface area contributed by atoms with E-state index in [-0.39, 0.29) is 24.2 Å². The highest BCUT2D eigenvalue weighted by atomic mass is 16.6. The van der Waals surface area contributed by atoms with Crippen LogP contribution in [0.15, 0.2) is 71.8 Å². The standard InChI is InChI=1S/C48H62N2O15/c1-25-30(61-42(55)36(62-40(53)26(2)49)34(28-18-14-12-15-19-28)50-43(56)65-44(4,5)6)23-48(57)39(63-41(54)29-20-16-13-17-21-29)37-46(9,38(52)35(59-11)33(25)45(48,7)8)31(58-10)22-32-47(37,24-60-32)64-27(3)51/h12-21,26,30-32,34-37,39,57H,22-24,49H2,1-11H3,(H,50,56)/t26?,30-,31-,32+,34-,35+,36+,37-,39-,46+,47-,48+/m0/s1. The van der Waals surface area contributed by atoms with E-state index in [1.807, 2.05) is 0 Å². The van der Waals surface area contributed by atoms with Crippen LogP contribution in [0.1, 0.15) is 97.1 Å². The van der Waals surface area contributed by atoms with Crippen LogP contribution in [-0.2, 0) is 57.1 Å². The Labute approximate surface area is 378 Å². The molecule has 3 aliphatic carbocycles. The number of hydrogen-bond donors (Lipinski definition) is 3. The minimum atomic E-state index is -2.28. The number of alkyl carbamates (subject to hydrolysis) is 1. The molecule has 6 rings (SSSR count). The van der Waals surface area contributed by atoms with Crippen molar-refractivity contribution in [3.63, 3.8) is 0 Å². The summed E-state index contributed by atoms with van der Waals surface area (Å²) in [6.07, 6.45) is -9.57. The van der Waals surface area contributed by atoms with Gasteiger partial charge in [0.25, 0.3) is 0 Å². The summed E-state index contributed by atoms with van der Waals surface area (Å²) in [4.78, 5) is 84.8. The molecule has 2 aromatic rings. The topological polar surface area (TPSA) is 235 Å². The second-order valence-electron chi connectivity index (χ2n) is 19.2. The summed E-state index contributed by atoms with van der Waals surface area (Å²) in [6, 6.07) is 13.7. The van der Waals surface area contributed by atoms with Crippen LogP contribution in [-0.4, -0.2) is 121 Å². The summed E-state index contributed by atoms with van der Waals surface area (Å²) in [7, 11) is 2.76. The number of esters is 4. The first-order chi connectivity index (χ1) is 30.4. The van der Waals surface area contributed by atoms with Crippen molar-refractivity contribution in [2.24, 2.45) is 22.5 Å². The molecular formula is C48H62N2O15. The van der Waals surface area contributed by atoms with Gasteiger partial charge in [0.15, 0.2) is 11.4 Å². The van der Waals surface area contributed by atoms with Crippen LogP contribution in [0.25, 0.3) is 0 Å². The number of methoxy groups -OCH3 is 2. The summed E-state index contributed by atoms with van der Waals surface area (Å²) in [5.41, 5.74) is -1.19. The van der Waals surface area contributed by atoms with E-state index in [0.717, 1.165) is 0 Å². The number of hydrogen-bond acceptors (Lipinski definition) is 16. The average Bonchev–Trinajstić information content (AvgIpc) is 3.23. The minimum absolute atomic E-state index is 0.0971. The maximum absolute atomic E-state index is 15.7. The Hall–Kier alpha value is -5.20. The van der Waals surface area contributed by atoms with Crippen molar-refractivity contribution in [2.45, 2.75) is 141 Å². The largest absolute Gasteiger partial charge is 0.455 e. The Morgan fingerprint density at radius 2 is 1.54 bits per heavy atom. The molecule has 2 saturated carbocycles. The number of carbonyl (C=O) groups is 6. The van der Waals surface area contributed by atoms with Gasteiger partial charge in [-0.15, -0.1) is 0 Å². The van der Waals surface area contributed by atoms with Crippen molar-refractivity contribution in [3.8, 4) is 0 Å². The molecule has 1 saturated heterocycles. The lowest BCUT2D eigenvalue weighted by Gasteiger charge is -2.67. The van der Waals surface area contributed by atoms with Crippen LogP contribution in [0.2, 0.25) is 0 Å². The van der Waals surface area contributed by atoms with Crippen LogP contribution < -0.4 is 11.1 Å². The highest BCUT2D eigenvalue weighted by Gasteiger charge is 2.78. The van der Waals surface area contributed by atoms with Gasteiger partial charge in [-0.3, -0.25) is 14.4 Å². The van der Waals surface area contributed by atoms with Gasteiger partial charge in [0.2, 0.25) is 6.10 Å². The van der Waals surface area contributed by atoms with Crippen LogP contribution >= 0.6 is 0 Å². The third kappa shape index (κ3) is 8.80. The Balaban J connectivity index is 1.56. The van der Waals surface area contributed by atoms with Gasteiger partial charge >= 0.3 is 30.0 Å². The second-order valence-corrected chi connectivity index (χ2v) is 19.2. The van der Waals surface area contributed by atoms with Gasteiger partial charge in [-0.1, -0.05) is 62.4 Å². The molecule has 12 atom stereocenters. The van der Waals surface area contributed by atoms with Gasteiger partial charge < -0.3 is 54.1 Å². The maximum atomic E-state index is 15.7. The molecule has 2 aromatic carbocycles. The average molecular weight is 907 g/mol. The third-order valence-corrected chi connectivity index (χ3v) is 13.6. The molecule has 1 aliphatic heterocycles. The van der Waals surface area contributed by atoms with Crippen molar-refractivity contribution in [1.82, 2.24) is 5.32 Å². The highest BCUT2D eigenvalue weighted by molar-refractivity contribution is 5.94. The monoisotopic (exact) mass is 906 g/mol. The minimum Gasteiger partial charge on any atom is -0.455 e. The number of carbonyl (C=O) groups excluding carboxylic acids is 6. The number of ketones is 1. The lowest BCUT2D eigenvalue weighted by molar-refractivity contribution is -0.347. The number of aliphatic hydroxyl groups is 1. The molecule has 4 N–H and O–H groups in total. The fourth-order valence-corrected chi connectivity index (χ4v) is 10.4. The molecule has 4 aliphatic rings. The molecule has 1 amide bonds. The van der Waals surface area contributed by atoms with Crippen molar-refractivity contribution >= 4 is 35.8 Å². The lowest BCUT2D eigenvalue weighted by Crippen LogP contribution is -2.82. The molecule has 1 heterocycles. The van der Waals surface area contributed by atoms with Gasteiger partial charge in [0, 0.05) is 39.4 Å². The smallest absolute Gasteiger partial charge is 0.408 e. The second kappa shape index (κ2) is 18.2. The molecule has 2 bridgehead atoms. The molecule has 354 valence electrons. The zero-order valence-corrected chi connectivity index (χ0v) is 38.8. The predicted octanol–water partition coefficient (Wildman–Crippen LogP) is 4.47. The molecule has 3 fully saturated rings. The van der Waals surface area contributed by atoms with Gasteiger partial charge in [-0.05, 0) is 70.4 Å². The van der Waals surface area contributed by atoms with Crippen LogP contribution in [0.3, 0.4) is 0 Å². The van der Waals surface area contributed by atoms with Crippen LogP contribution in [0, 0.1) is 16.7 Å². The van der Waals surface area contributed by atoms with E-state index in [0.29, 0.717) is 11.1 Å². The van der Waals surface area contributed by atoms with Crippen LogP contribution in [0.4, 0.5) is 4.79 Å². The van der Waals surface area contributed by atoms with Crippen LogP contribution in [0.5, 0.6) is 0 Å². The van der Waals surface area contributed by atoms with Crippen molar-refractivity contribution in [2.75, 3.05) is 20.8 Å². The SMILES string of the molecule is CO[C@H]1C(=O)[C@]2(C)[C@@H](OC)C[C@H]3OC[C@@]3(OC(C)=O)[C@H]2[C@H](OC(=O)c2ccccc2)[C@]2(O)C[C@H](OC(=O)[C@H](OC(=O)C(C)N)[C@@H](NC(=O)OC(C)(C)C)c3ccccc3)C(C)=C1C2(C)C. The number of Topliss-reactive ketones (excluding diaryl/α,β-unsaturated/α-hetero) is 1. The van der Waals surface area contributed by atoms with E-state index in [9.17, 15) is 29.1 Å². The molecule has 0 spiro atoms. The number of fused-ring (bicyclic) bond motifs is 5. The Morgan fingerprint density at radius 3 is 2.06 bits per heavy atom. The first-order valence-electron chi connectivity index (χ1n) is 21.7. The number of rotatable bonds is 12. The summed E-state index contributed by atoms with van der Waals surface area (Å²) < 4.78 is 48.6. The van der Waals surface area contributed by atoms with Crippen molar-refractivity contribution < 1.29 is 71.8 Å². The summed E-state index contributed by atoms with van der Waals surface area (Å²) in [5, 5.41) is 16.5. The van der Waals surface area contributed by atoms with Gasteiger partial charge in [-0.2, -0.15) is 0 Å².